The van der Waals surface area contributed by atoms with Crippen LogP contribution in [-0.2, 0) is 6.54 Å². The van der Waals surface area contributed by atoms with Crippen molar-refractivity contribution in [1.29, 1.82) is 0 Å². The van der Waals surface area contributed by atoms with Gasteiger partial charge < -0.3 is 10.2 Å². The molecular formula is C14H23N3. The lowest BCUT2D eigenvalue weighted by Gasteiger charge is -2.25. The van der Waals surface area contributed by atoms with Crippen LogP contribution in [0.4, 0.5) is 5.82 Å². The first-order valence-corrected chi connectivity index (χ1v) is 6.63. The van der Waals surface area contributed by atoms with Gasteiger partial charge in [-0.25, -0.2) is 4.98 Å². The van der Waals surface area contributed by atoms with Crippen molar-refractivity contribution in [3.8, 4) is 0 Å². The molecule has 1 fully saturated rings. The molecule has 2 heterocycles. The lowest BCUT2D eigenvalue weighted by Crippen LogP contribution is -2.29. The molecule has 1 aliphatic heterocycles. The summed E-state index contributed by atoms with van der Waals surface area (Å²) < 4.78 is 0. The minimum atomic E-state index is 0.611. The van der Waals surface area contributed by atoms with Crippen molar-refractivity contribution < 1.29 is 0 Å². The Morgan fingerprint density at radius 2 is 2.29 bits per heavy atom. The standard InChI is InChI=1S/C14H23N3/c1-4-15-9-13-6-5-7-16-14(13)17-10-11(2)8-12(17)3/h5-7,11-12,15H,4,8-10H2,1-3H3. The first kappa shape index (κ1) is 12.4. The fourth-order valence-electron chi connectivity index (χ4n) is 2.68. The van der Waals surface area contributed by atoms with Crippen LogP contribution in [0.2, 0.25) is 0 Å². The Balaban J connectivity index is 2.19. The average Bonchev–Trinajstić information content (AvgIpc) is 2.66. The maximum Gasteiger partial charge on any atom is 0.133 e. The summed E-state index contributed by atoms with van der Waals surface area (Å²) in [5.74, 6) is 1.95. The summed E-state index contributed by atoms with van der Waals surface area (Å²) in [4.78, 5) is 7.04. The zero-order valence-electron chi connectivity index (χ0n) is 11.1. The van der Waals surface area contributed by atoms with E-state index in [2.05, 4.69) is 42.0 Å². The molecule has 0 amide bonds. The third kappa shape index (κ3) is 2.78. The van der Waals surface area contributed by atoms with Crippen molar-refractivity contribution in [2.75, 3.05) is 18.0 Å². The number of nitrogens with zero attached hydrogens (tertiary/aromatic N) is 2. The fourth-order valence-corrected chi connectivity index (χ4v) is 2.68. The fraction of sp³-hybridized carbons (Fsp3) is 0.643. The Kier molecular flexibility index (Phi) is 4.00. The largest absolute Gasteiger partial charge is 0.353 e. The van der Waals surface area contributed by atoms with Crippen molar-refractivity contribution in [3.05, 3.63) is 23.9 Å². The Hall–Kier alpha value is -1.09. The van der Waals surface area contributed by atoms with Crippen LogP contribution in [0.15, 0.2) is 18.3 Å². The van der Waals surface area contributed by atoms with Crippen molar-refractivity contribution in [2.24, 2.45) is 5.92 Å². The molecule has 2 rings (SSSR count). The molecule has 2 unspecified atom stereocenters. The molecule has 0 bridgehead atoms. The Labute approximate surface area is 104 Å². The molecule has 1 aromatic rings. The molecule has 0 aliphatic carbocycles. The van der Waals surface area contributed by atoms with E-state index in [0.29, 0.717) is 6.04 Å². The van der Waals surface area contributed by atoms with E-state index in [0.717, 1.165) is 25.6 Å². The van der Waals surface area contributed by atoms with Gasteiger partial charge in [0.05, 0.1) is 0 Å². The van der Waals surface area contributed by atoms with Crippen LogP contribution in [-0.4, -0.2) is 24.1 Å². The van der Waals surface area contributed by atoms with Crippen molar-refractivity contribution in [2.45, 2.75) is 39.8 Å². The monoisotopic (exact) mass is 233 g/mol. The third-order valence-corrected chi connectivity index (χ3v) is 3.49. The molecule has 1 saturated heterocycles. The van der Waals surface area contributed by atoms with E-state index in [-0.39, 0.29) is 0 Å². The minimum Gasteiger partial charge on any atom is -0.353 e. The van der Waals surface area contributed by atoms with Gasteiger partial charge in [0.1, 0.15) is 5.82 Å². The smallest absolute Gasteiger partial charge is 0.133 e. The normalized spacial score (nSPS) is 24.3. The molecule has 3 heteroatoms. The van der Waals surface area contributed by atoms with Gasteiger partial charge in [0, 0.05) is 30.9 Å². The number of anilines is 1. The summed E-state index contributed by atoms with van der Waals surface area (Å²) >= 11 is 0. The molecule has 1 aromatic heterocycles. The second-order valence-corrected chi connectivity index (χ2v) is 5.11. The summed E-state index contributed by atoms with van der Waals surface area (Å²) in [5.41, 5.74) is 1.32. The quantitative estimate of drug-likeness (QED) is 0.865. The first-order valence-electron chi connectivity index (χ1n) is 6.63. The van der Waals surface area contributed by atoms with Crippen molar-refractivity contribution in [1.82, 2.24) is 10.3 Å². The molecule has 1 aliphatic rings. The van der Waals surface area contributed by atoms with Gasteiger partial charge in [-0.2, -0.15) is 0 Å². The van der Waals surface area contributed by atoms with Crippen LogP contribution in [0.3, 0.4) is 0 Å². The van der Waals surface area contributed by atoms with Gasteiger partial charge in [-0.15, -0.1) is 0 Å². The Bertz CT molecular complexity index is 364. The van der Waals surface area contributed by atoms with E-state index in [1.807, 2.05) is 12.3 Å². The van der Waals surface area contributed by atoms with Crippen LogP contribution in [0.25, 0.3) is 0 Å². The zero-order chi connectivity index (χ0) is 12.3. The molecular weight excluding hydrogens is 210 g/mol. The predicted molar refractivity (Wildman–Crippen MR) is 72.2 cm³/mol. The summed E-state index contributed by atoms with van der Waals surface area (Å²) in [6.07, 6.45) is 3.18. The lowest BCUT2D eigenvalue weighted by molar-refractivity contribution is 0.625. The lowest BCUT2D eigenvalue weighted by atomic mass is 10.1. The Morgan fingerprint density at radius 1 is 1.47 bits per heavy atom. The second kappa shape index (κ2) is 5.50. The first-order chi connectivity index (χ1) is 8.22. The van der Waals surface area contributed by atoms with Crippen molar-refractivity contribution >= 4 is 5.82 Å². The van der Waals surface area contributed by atoms with E-state index < -0.39 is 0 Å². The highest BCUT2D eigenvalue weighted by Gasteiger charge is 2.28. The molecule has 17 heavy (non-hydrogen) atoms. The van der Waals surface area contributed by atoms with Crippen LogP contribution in [0.1, 0.15) is 32.8 Å². The molecule has 1 N–H and O–H groups in total. The number of pyridine rings is 1. The van der Waals surface area contributed by atoms with E-state index >= 15 is 0 Å². The zero-order valence-corrected chi connectivity index (χ0v) is 11.1. The summed E-state index contributed by atoms with van der Waals surface area (Å²) in [6, 6.07) is 4.82. The van der Waals surface area contributed by atoms with Crippen LogP contribution >= 0.6 is 0 Å². The van der Waals surface area contributed by atoms with Gasteiger partial charge in [0.2, 0.25) is 0 Å². The minimum absolute atomic E-state index is 0.611. The highest BCUT2D eigenvalue weighted by molar-refractivity contribution is 5.48. The van der Waals surface area contributed by atoms with Gasteiger partial charge in [0.25, 0.3) is 0 Å². The molecule has 94 valence electrons. The molecule has 0 spiro atoms. The van der Waals surface area contributed by atoms with Crippen LogP contribution in [0, 0.1) is 5.92 Å². The Morgan fingerprint density at radius 3 is 2.94 bits per heavy atom. The molecule has 0 radical (unpaired) electrons. The SMILES string of the molecule is CCNCc1cccnc1N1CC(C)CC1C. The van der Waals surface area contributed by atoms with E-state index in [9.17, 15) is 0 Å². The highest BCUT2D eigenvalue weighted by atomic mass is 15.2. The molecule has 0 saturated carbocycles. The molecule has 2 atom stereocenters. The number of nitrogens with one attached hydrogen (secondary N) is 1. The van der Waals surface area contributed by atoms with Crippen LogP contribution in [0.5, 0.6) is 0 Å². The van der Waals surface area contributed by atoms with Crippen molar-refractivity contribution in [3.63, 3.8) is 0 Å². The third-order valence-electron chi connectivity index (χ3n) is 3.49. The van der Waals surface area contributed by atoms with Gasteiger partial charge in [-0.3, -0.25) is 0 Å². The molecule has 3 nitrogen and oxygen atoms in total. The molecule has 0 aromatic carbocycles. The van der Waals surface area contributed by atoms with Gasteiger partial charge in [-0.05, 0) is 31.9 Å². The number of aromatic nitrogens is 1. The summed E-state index contributed by atoms with van der Waals surface area (Å²) in [5, 5.41) is 3.39. The topological polar surface area (TPSA) is 28.2 Å². The maximum atomic E-state index is 4.58. The number of hydrogen-bond acceptors (Lipinski definition) is 3. The van der Waals surface area contributed by atoms with E-state index in [4.69, 9.17) is 0 Å². The summed E-state index contributed by atoms with van der Waals surface area (Å²) in [7, 11) is 0. The van der Waals surface area contributed by atoms with Gasteiger partial charge in [0.15, 0.2) is 0 Å². The van der Waals surface area contributed by atoms with Gasteiger partial charge in [-0.1, -0.05) is 19.9 Å². The van der Waals surface area contributed by atoms with E-state index in [1.165, 1.54) is 17.8 Å². The number of rotatable bonds is 4. The highest BCUT2D eigenvalue weighted by Crippen LogP contribution is 2.29. The second-order valence-electron chi connectivity index (χ2n) is 5.11. The number of hydrogen-bond donors (Lipinski definition) is 1. The maximum absolute atomic E-state index is 4.58. The summed E-state index contributed by atoms with van der Waals surface area (Å²) in [6.45, 7) is 9.81. The van der Waals surface area contributed by atoms with Gasteiger partial charge >= 0.3 is 0 Å². The van der Waals surface area contributed by atoms with E-state index in [1.54, 1.807) is 0 Å². The average molecular weight is 233 g/mol. The van der Waals surface area contributed by atoms with Crippen LogP contribution < -0.4 is 10.2 Å². The predicted octanol–water partition coefficient (Wildman–Crippen LogP) is 2.43.